The zero-order valence-corrected chi connectivity index (χ0v) is 9.67. The average Bonchev–Trinajstić information content (AvgIpc) is 2.43. The van der Waals surface area contributed by atoms with Gasteiger partial charge in [-0.25, -0.2) is 0 Å². The maximum Gasteiger partial charge on any atom is 0.0843 e. The zero-order chi connectivity index (χ0) is 13.0. The van der Waals surface area contributed by atoms with Crippen LogP contribution in [0.3, 0.4) is 0 Å². The Morgan fingerprint density at radius 3 is 2.71 bits per heavy atom. The van der Waals surface area contributed by atoms with Crippen molar-refractivity contribution in [1.82, 2.24) is 4.98 Å². The molecule has 0 fully saturated rings. The van der Waals surface area contributed by atoms with Crippen LogP contribution in [0, 0.1) is 6.92 Å². The average molecular weight is 208 g/mol. The summed E-state index contributed by atoms with van der Waals surface area (Å²) in [6.45, 7) is 7.80. The number of rotatable bonds is 0. The minimum atomic E-state index is -0.268. The second-order valence-electron chi connectivity index (χ2n) is 4.43. The SMILES string of the molecule is [2H]c1nc2c([2H])c(C)sc2c([2H])c1C(C)(C)C. The molecule has 0 unspecified atom stereocenters. The van der Waals surface area contributed by atoms with E-state index < -0.39 is 0 Å². The minimum absolute atomic E-state index is 0.126. The lowest BCUT2D eigenvalue weighted by atomic mass is 9.88. The number of pyridine rings is 1. The fourth-order valence-electron chi connectivity index (χ4n) is 1.22. The Labute approximate surface area is 93.0 Å². The molecule has 0 saturated heterocycles. The number of fused-ring (bicyclic) bond motifs is 1. The molecule has 0 amide bonds. The molecule has 2 rings (SSSR count). The Kier molecular flexibility index (Phi) is 1.43. The van der Waals surface area contributed by atoms with Crippen LogP contribution in [0.1, 0.15) is 35.3 Å². The molecule has 0 spiro atoms. The van der Waals surface area contributed by atoms with Gasteiger partial charge < -0.3 is 0 Å². The highest BCUT2D eigenvalue weighted by atomic mass is 32.1. The number of aromatic nitrogens is 1. The van der Waals surface area contributed by atoms with Crippen molar-refractivity contribution in [2.24, 2.45) is 0 Å². The molecule has 2 aromatic rings. The molecule has 1 nitrogen and oxygen atoms in total. The molecule has 0 aliphatic rings. The van der Waals surface area contributed by atoms with Crippen LogP contribution in [0.4, 0.5) is 0 Å². The van der Waals surface area contributed by atoms with Gasteiger partial charge in [-0.3, -0.25) is 4.98 Å². The lowest BCUT2D eigenvalue weighted by Gasteiger charge is -2.17. The lowest BCUT2D eigenvalue weighted by Crippen LogP contribution is -2.10. The summed E-state index contributed by atoms with van der Waals surface area (Å²) in [4.78, 5) is 5.05. The van der Waals surface area contributed by atoms with Gasteiger partial charge in [-0.2, -0.15) is 0 Å². The van der Waals surface area contributed by atoms with Crippen molar-refractivity contribution < 1.29 is 4.11 Å². The smallest absolute Gasteiger partial charge is 0.0843 e. The van der Waals surface area contributed by atoms with E-state index in [4.69, 9.17) is 4.11 Å². The minimum Gasteiger partial charge on any atom is -0.255 e. The third-order valence-electron chi connectivity index (χ3n) is 2.03. The molecule has 0 aliphatic heterocycles. The first-order valence-electron chi connectivity index (χ1n) is 6.11. The summed E-state index contributed by atoms with van der Waals surface area (Å²) in [5, 5.41) is 0. The van der Waals surface area contributed by atoms with Crippen LogP contribution in [0.25, 0.3) is 10.2 Å². The normalized spacial score (nSPS) is 15.3. The van der Waals surface area contributed by atoms with Crippen LogP contribution in [0.2, 0.25) is 0 Å². The van der Waals surface area contributed by atoms with Crippen LogP contribution < -0.4 is 0 Å². The van der Waals surface area contributed by atoms with E-state index in [0.717, 1.165) is 9.58 Å². The molecule has 0 aromatic carbocycles. The van der Waals surface area contributed by atoms with Crippen LogP contribution in [0.15, 0.2) is 18.3 Å². The van der Waals surface area contributed by atoms with E-state index in [1.54, 1.807) is 0 Å². The van der Waals surface area contributed by atoms with Crippen LogP contribution in [-0.2, 0) is 5.41 Å². The molecule has 0 saturated carbocycles. The van der Waals surface area contributed by atoms with Crippen molar-refractivity contribution in [3.05, 3.63) is 28.7 Å². The molecule has 2 aromatic heterocycles. The highest BCUT2D eigenvalue weighted by Crippen LogP contribution is 2.28. The van der Waals surface area contributed by atoms with Crippen molar-refractivity contribution in [3.8, 4) is 0 Å². The number of nitrogens with zero attached hydrogens (tertiary/aromatic N) is 1. The first-order valence-corrected chi connectivity index (χ1v) is 5.42. The molecule has 0 atom stereocenters. The molecular formula is C12H15NS. The van der Waals surface area contributed by atoms with Gasteiger partial charge in [0.1, 0.15) is 0 Å². The predicted molar refractivity (Wildman–Crippen MR) is 63.1 cm³/mol. The van der Waals surface area contributed by atoms with Gasteiger partial charge in [0, 0.05) is 11.1 Å². The molecule has 74 valence electrons. The summed E-state index contributed by atoms with van der Waals surface area (Å²) in [6.07, 6.45) is 0.126. The third-order valence-corrected chi connectivity index (χ3v) is 2.94. The summed E-state index contributed by atoms with van der Waals surface area (Å²) >= 11 is 1.42. The summed E-state index contributed by atoms with van der Waals surface area (Å²) in [5.74, 6) is 0. The second kappa shape index (κ2) is 3.06. The van der Waals surface area contributed by atoms with Gasteiger partial charge >= 0.3 is 0 Å². The number of hydrogen-bond acceptors (Lipinski definition) is 2. The summed E-state index contributed by atoms with van der Waals surface area (Å²) in [5.41, 5.74) is 0.886. The number of hydrogen-bond donors (Lipinski definition) is 0. The van der Waals surface area contributed by atoms with E-state index in [-0.39, 0.29) is 11.6 Å². The van der Waals surface area contributed by atoms with E-state index >= 15 is 0 Å². The van der Waals surface area contributed by atoms with Crippen LogP contribution in [-0.4, -0.2) is 4.98 Å². The topological polar surface area (TPSA) is 12.9 Å². The largest absolute Gasteiger partial charge is 0.255 e. The molecule has 0 radical (unpaired) electrons. The van der Waals surface area contributed by atoms with E-state index in [1.807, 2.05) is 27.7 Å². The van der Waals surface area contributed by atoms with Crippen molar-refractivity contribution >= 4 is 21.6 Å². The van der Waals surface area contributed by atoms with Crippen molar-refractivity contribution in [3.63, 3.8) is 0 Å². The van der Waals surface area contributed by atoms with E-state index in [0.29, 0.717) is 23.2 Å². The first-order chi connectivity index (χ1) is 7.73. The van der Waals surface area contributed by atoms with Gasteiger partial charge in [-0.1, -0.05) is 20.8 Å². The van der Waals surface area contributed by atoms with E-state index in [1.165, 1.54) is 11.3 Å². The first kappa shape index (κ1) is 6.57. The molecule has 14 heavy (non-hydrogen) atoms. The quantitative estimate of drug-likeness (QED) is 0.640. The molecule has 0 N–H and O–H groups in total. The van der Waals surface area contributed by atoms with Crippen molar-refractivity contribution in [2.75, 3.05) is 0 Å². The second-order valence-corrected chi connectivity index (χ2v) is 5.66. The number of aryl methyl sites for hydroxylation is 1. The lowest BCUT2D eigenvalue weighted by molar-refractivity contribution is 0.589. The Bertz CT molecular complexity index is 596. The Hall–Kier alpha value is -0.890. The van der Waals surface area contributed by atoms with Crippen molar-refractivity contribution in [2.45, 2.75) is 33.1 Å². The maximum atomic E-state index is 8.21. The molecule has 0 aliphatic carbocycles. The fraction of sp³-hybridized carbons (Fsp3) is 0.417. The Morgan fingerprint density at radius 1 is 1.36 bits per heavy atom. The van der Waals surface area contributed by atoms with Crippen LogP contribution >= 0.6 is 11.3 Å². The monoisotopic (exact) mass is 208 g/mol. The highest BCUT2D eigenvalue weighted by Gasteiger charge is 2.14. The van der Waals surface area contributed by atoms with Gasteiger partial charge in [0.05, 0.1) is 14.3 Å². The van der Waals surface area contributed by atoms with Gasteiger partial charge in [-0.05, 0) is 30.0 Å². The van der Waals surface area contributed by atoms with E-state index in [9.17, 15) is 0 Å². The zero-order valence-electron chi connectivity index (χ0n) is 11.9. The van der Waals surface area contributed by atoms with Gasteiger partial charge in [0.2, 0.25) is 0 Å². The standard InChI is InChI=1S/C12H15NS/c1-8-5-10-11(14-8)6-9(7-13-10)12(2,3)4/h5-7H,1-4H3/i5D,6D,7D. The summed E-state index contributed by atoms with van der Waals surface area (Å²) in [6, 6.07) is 0.714. The molecule has 2 heterocycles. The third kappa shape index (κ3) is 1.67. The van der Waals surface area contributed by atoms with E-state index in [2.05, 4.69) is 4.98 Å². The number of thiophene rings is 1. The molecular weight excluding hydrogens is 190 g/mol. The summed E-state index contributed by atoms with van der Waals surface area (Å²) < 4.78 is 24.8. The predicted octanol–water partition coefficient (Wildman–Crippen LogP) is 3.90. The Morgan fingerprint density at radius 2 is 2.07 bits per heavy atom. The molecule has 0 bridgehead atoms. The molecule has 2 heteroatoms. The van der Waals surface area contributed by atoms with Gasteiger partial charge in [-0.15, -0.1) is 11.3 Å². The van der Waals surface area contributed by atoms with Gasteiger partial charge in [0.25, 0.3) is 0 Å². The highest BCUT2D eigenvalue weighted by molar-refractivity contribution is 7.18. The Balaban J connectivity index is 2.91. The van der Waals surface area contributed by atoms with Gasteiger partial charge in [0.15, 0.2) is 0 Å². The summed E-state index contributed by atoms with van der Waals surface area (Å²) in [7, 11) is 0. The van der Waals surface area contributed by atoms with Crippen molar-refractivity contribution in [1.29, 1.82) is 0 Å². The van der Waals surface area contributed by atoms with Crippen LogP contribution in [0.5, 0.6) is 0 Å². The maximum absolute atomic E-state index is 8.21. The fourth-order valence-corrected chi connectivity index (χ4v) is 2.02.